The first-order valence-electron chi connectivity index (χ1n) is 8.58. The highest BCUT2D eigenvalue weighted by Crippen LogP contribution is 2.28. The first-order valence-corrected chi connectivity index (χ1v) is 9.46. The van der Waals surface area contributed by atoms with Gasteiger partial charge >= 0.3 is 0 Å². The summed E-state index contributed by atoms with van der Waals surface area (Å²) in [5, 5.41) is 2.32. The van der Waals surface area contributed by atoms with Crippen molar-refractivity contribution in [3.63, 3.8) is 0 Å². The lowest BCUT2D eigenvalue weighted by molar-refractivity contribution is -0.129. The summed E-state index contributed by atoms with van der Waals surface area (Å²) >= 11 is 1.33. The standard InChI is InChI=1S/C21H19N3O3S/c1-16(25)24(19-10-6-3-7-11-19)21-22-18(15-28-21)12-13-20(26)23-27-14-17-8-4-2-5-9-17/h2-13,15H,14H2,1H3,(H,23,26)/b13-12+. The van der Waals surface area contributed by atoms with E-state index in [2.05, 4.69) is 10.5 Å². The fraction of sp³-hybridized carbons (Fsp3) is 0.0952. The number of hydrogen-bond donors (Lipinski definition) is 1. The molecule has 28 heavy (non-hydrogen) atoms. The summed E-state index contributed by atoms with van der Waals surface area (Å²) in [5.41, 5.74) is 4.65. The molecule has 1 N–H and O–H groups in total. The van der Waals surface area contributed by atoms with Crippen molar-refractivity contribution in [3.8, 4) is 0 Å². The predicted octanol–water partition coefficient (Wildman–Crippen LogP) is 4.09. The molecule has 0 aliphatic carbocycles. The summed E-state index contributed by atoms with van der Waals surface area (Å²) in [6, 6.07) is 18.8. The highest BCUT2D eigenvalue weighted by Gasteiger charge is 2.17. The number of amides is 2. The van der Waals surface area contributed by atoms with Gasteiger partial charge in [-0.1, -0.05) is 48.5 Å². The van der Waals surface area contributed by atoms with Gasteiger partial charge in [0.1, 0.15) is 0 Å². The Bertz CT molecular complexity index is 955. The van der Waals surface area contributed by atoms with Crippen molar-refractivity contribution in [2.45, 2.75) is 13.5 Å². The maximum Gasteiger partial charge on any atom is 0.267 e. The van der Waals surface area contributed by atoms with Gasteiger partial charge in [0, 0.05) is 18.4 Å². The van der Waals surface area contributed by atoms with E-state index in [1.807, 2.05) is 60.7 Å². The van der Waals surface area contributed by atoms with Crippen LogP contribution in [0.4, 0.5) is 10.8 Å². The molecule has 3 aromatic rings. The summed E-state index contributed by atoms with van der Waals surface area (Å²) in [4.78, 5) is 35.1. The number of para-hydroxylation sites is 1. The molecule has 0 radical (unpaired) electrons. The number of carbonyl (C=O) groups is 2. The number of hydrogen-bond acceptors (Lipinski definition) is 5. The number of thiazole rings is 1. The number of benzene rings is 2. The van der Waals surface area contributed by atoms with Crippen LogP contribution in [0.15, 0.2) is 72.1 Å². The largest absolute Gasteiger partial charge is 0.274 e. The lowest BCUT2D eigenvalue weighted by Crippen LogP contribution is -2.22. The normalized spacial score (nSPS) is 10.8. The number of nitrogens with zero attached hydrogens (tertiary/aromatic N) is 2. The molecule has 2 amide bonds. The fourth-order valence-electron chi connectivity index (χ4n) is 2.42. The van der Waals surface area contributed by atoms with Crippen molar-refractivity contribution in [1.29, 1.82) is 0 Å². The Labute approximate surface area is 167 Å². The number of aromatic nitrogens is 1. The number of nitrogens with one attached hydrogen (secondary N) is 1. The van der Waals surface area contributed by atoms with Crippen molar-refractivity contribution in [2.75, 3.05) is 4.90 Å². The minimum Gasteiger partial charge on any atom is -0.274 e. The monoisotopic (exact) mass is 393 g/mol. The first kappa shape index (κ1) is 19.5. The van der Waals surface area contributed by atoms with E-state index in [9.17, 15) is 9.59 Å². The Morgan fingerprint density at radius 2 is 1.79 bits per heavy atom. The van der Waals surface area contributed by atoms with Gasteiger partial charge in [-0.05, 0) is 23.8 Å². The van der Waals surface area contributed by atoms with E-state index >= 15 is 0 Å². The van der Waals surface area contributed by atoms with Crippen LogP contribution >= 0.6 is 11.3 Å². The molecule has 0 spiro atoms. The van der Waals surface area contributed by atoms with E-state index in [0.29, 0.717) is 10.8 Å². The second kappa shape index (κ2) is 9.59. The Morgan fingerprint density at radius 1 is 1.11 bits per heavy atom. The zero-order valence-corrected chi connectivity index (χ0v) is 16.1. The molecule has 3 rings (SSSR count). The molecular weight excluding hydrogens is 374 g/mol. The quantitative estimate of drug-likeness (QED) is 0.485. The molecule has 1 aromatic heterocycles. The summed E-state index contributed by atoms with van der Waals surface area (Å²) in [5.74, 6) is -0.528. The Morgan fingerprint density at radius 3 is 2.46 bits per heavy atom. The van der Waals surface area contributed by atoms with Gasteiger partial charge in [0.05, 0.1) is 18.0 Å². The van der Waals surface area contributed by atoms with Crippen molar-refractivity contribution < 1.29 is 14.4 Å². The molecule has 0 aliphatic heterocycles. The van der Waals surface area contributed by atoms with Crippen LogP contribution in [-0.4, -0.2) is 16.8 Å². The maximum atomic E-state index is 12.0. The van der Waals surface area contributed by atoms with E-state index in [4.69, 9.17) is 4.84 Å². The molecule has 0 atom stereocenters. The minimum atomic E-state index is -0.392. The average Bonchev–Trinajstić information content (AvgIpc) is 3.16. The zero-order chi connectivity index (χ0) is 19.8. The second-order valence-electron chi connectivity index (χ2n) is 5.82. The Hall–Kier alpha value is -3.29. The molecule has 0 bridgehead atoms. The average molecular weight is 393 g/mol. The summed E-state index contributed by atoms with van der Waals surface area (Å²) < 4.78 is 0. The summed E-state index contributed by atoms with van der Waals surface area (Å²) in [7, 11) is 0. The van der Waals surface area contributed by atoms with Gasteiger partial charge in [0.2, 0.25) is 5.91 Å². The maximum absolute atomic E-state index is 12.0. The van der Waals surface area contributed by atoms with Crippen LogP contribution in [0.3, 0.4) is 0 Å². The Balaban J connectivity index is 1.58. The Kier molecular flexibility index (Phi) is 6.67. The predicted molar refractivity (Wildman–Crippen MR) is 110 cm³/mol. The highest BCUT2D eigenvalue weighted by atomic mass is 32.1. The molecule has 0 saturated heterocycles. The third-order valence-corrected chi connectivity index (χ3v) is 4.53. The number of anilines is 2. The molecule has 142 valence electrons. The smallest absolute Gasteiger partial charge is 0.267 e. The second-order valence-corrected chi connectivity index (χ2v) is 6.66. The highest BCUT2D eigenvalue weighted by molar-refractivity contribution is 7.14. The zero-order valence-electron chi connectivity index (χ0n) is 15.2. The van der Waals surface area contributed by atoms with E-state index in [1.54, 1.807) is 11.5 Å². The van der Waals surface area contributed by atoms with Crippen LogP contribution in [0.2, 0.25) is 0 Å². The van der Waals surface area contributed by atoms with Crippen molar-refractivity contribution in [1.82, 2.24) is 10.5 Å². The summed E-state index contributed by atoms with van der Waals surface area (Å²) in [6.07, 6.45) is 2.91. The van der Waals surface area contributed by atoms with Gasteiger partial charge in [-0.3, -0.25) is 19.3 Å². The van der Waals surface area contributed by atoms with Crippen LogP contribution in [-0.2, 0) is 21.0 Å². The van der Waals surface area contributed by atoms with Gasteiger partial charge in [0.25, 0.3) is 5.91 Å². The number of rotatable bonds is 7. The molecule has 0 unspecified atom stereocenters. The van der Waals surface area contributed by atoms with Crippen LogP contribution in [0.5, 0.6) is 0 Å². The lowest BCUT2D eigenvalue weighted by atomic mass is 10.2. The SMILES string of the molecule is CC(=O)N(c1ccccc1)c1nc(/C=C/C(=O)NOCc2ccccc2)cs1. The van der Waals surface area contributed by atoms with Crippen LogP contribution < -0.4 is 10.4 Å². The molecule has 1 heterocycles. The molecule has 7 heteroatoms. The number of hydroxylamine groups is 1. The van der Waals surface area contributed by atoms with Gasteiger partial charge in [-0.25, -0.2) is 10.5 Å². The van der Waals surface area contributed by atoms with Crippen LogP contribution in [0.25, 0.3) is 6.08 Å². The van der Waals surface area contributed by atoms with E-state index in [0.717, 1.165) is 11.3 Å². The third-order valence-electron chi connectivity index (χ3n) is 3.69. The van der Waals surface area contributed by atoms with Gasteiger partial charge in [-0.15, -0.1) is 11.3 Å². The fourth-order valence-corrected chi connectivity index (χ4v) is 3.27. The van der Waals surface area contributed by atoms with Crippen LogP contribution in [0.1, 0.15) is 18.2 Å². The van der Waals surface area contributed by atoms with Crippen molar-refractivity contribution >= 4 is 40.0 Å². The molecule has 6 nitrogen and oxygen atoms in total. The van der Waals surface area contributed by atoms with Gasteiger partial charge < -0.3 is 0 Å². The third kappa shape index (κ3) is 5.35. The first-order chi connectivity index (χ1) is 13.6. The summed E-state index contributed by atoms with van der Waals surface area (Å²) in [6.45, 7) is 1.77. The van der Waals surface area contributed by atoms with E-state index in [-0.39, 0.29) is 12.5 Å². The van der Waals surface area contributed by atoms with E-state index < -0.39 is 5.91 Å². The van der Waals surface area contributed by atoms with Gasteiger partial charge in [0.15, 0.2) is 5.13 Å². The number of carbonyl (C=O) groups excluding carboxylic acids is 2. The van der Waals surface area contributed by atoms with Crippen molar-refractivity contribution in [3.05, 3.63) is 83.4 Å². The minimum absolute atomic E-state index is 0.136. The van der Waals surface area contributed by atoms with Gasteiger partial charge in [-0.2, -0.15) is 0 Å². The van der Waals surface area contributed by atoms with Crippen molar-refractivity contribution in [2.24, 2.45) is 0 Å². The molecule has 0 fully saturated rings. The molecular formula is C21H19N3O3S. The molecule has 0 aliphatic rings. The molecule has 0 saturated carbocycles. The molecule has 2 aromatic carbocycles. The topological polar surface area (TPSA) is 71.5 Å². The van der Waals surface area contributed by atoms with Crippen LogP contribution in [0, 0.1) is 0 Å². The van der Waals surface area contributed by atoms with E-state index in [1.165, 1.54) is 29.2 Å². The lowest BCUT2D eigenvalue weighted by Gasteiger charge is -2.17.